The van der Waals surface area contributed by atoms with E-state index in [4.69, 9.17) is 15.2 Å². The Hall–Kier alpha value is -5.34. The molecule has 2 amide bonds. The molecular formula is C31H32ClN7O7. The number of hydrogen-bond acceptors (Lipinski definition) is 10. The molecule has 14 nitrogen and oxygen atoms in total. The van der Waals surface area contributed by atoms with Gasteiger partial charge < -0.3 is 30.5 Å². The fourth-order valence-corrected chi connectivity index (χ4v) is 5.22. The van der Waals surface area contributed by atoms with Crippen LogP contribution in [0, 0.1) is 6.92 Å². The molecule has 1 atom stereocenters. The highest BCUT2D eigenvalue weighted by molar-refractivity contribution is 5.98. The quantitative estimate of drug-likeness (QED) is 0.197. The van der Waals surface area contributed by atoms with E-state index < -0.39 is 17.8 Å². The third-order valence-corrected chi connectivity index (χ3v) is 7.60. The van der Waals surface area contributed by atoms with Crippen LogP contribution in [-0.2, 0) is 22.5 Å². The first-order valence-electron chi connectivity index (χ1n) is 14.0. The van der Waals surface area contributed by atoms with Gasteiger partial charge in [0.05, 0.1) is 17.3 Å². The number of esters is 1. The summed E-state index contributed by atoms with van der Waals surface area (Å²) in [6.07, 6.45) is 4.04. The number of carbonyl (C=O) groups is 4. The molecule has 0 saturated carbocycles. The van der Waals surface area contributed by atoms with Crippen LogP contribution < -0.4 is 20.7 Å². The van der Waals surface area contributed by atoms with Gasteiger partial charge in [-0.05, 0) is 60.2 Å². The second-order valence-electron chi connectivity index (χ2n) is 10.3. The van der Waals surface area contributed by atoms with Crippen molar-refractivity contribution in [3.05, 3.63) is 94.6 Å². The minimum absolute atomic E-state index is 0. The third kappa shape index (κ3) is 6.67. The van der Waals surface area contributed by atoms with Crippen LogP contribution >= 0.6 is 12.4 Å². The molecule has 15 heteroatoms. The number of fused-ring (bicyclic) bond motifs is 3. The summed E-state index contributed by atoms with van der Waals surface area (Å²) in [7, 11) is 1.74. The van der Waals surface area contributed by atoms with Crippen LogP contribution in [0.1, 0.15) is 66.1 Å². The number of halogens is 1. The predicted octanol–water partition coefficient (Wildman–Crippen LogP) is 2.81. The number of aromatic nitrogens is 4. The number of nitrogens with zero attached hydrogens (tertiary/aromatic N) is 5. The van der Waals surface area contributed by atoms with Crippen molar-refractivity contribution in [3.63, 3.8) is 0 Å². The van der Waals surface area contributed by atoms with Crippen molar-refractivity contribution in [3.8, 4) is 5.75 Å². The van der Waals surface area contributed by atoms with Crippen LogP contribution in [0.25, 0.3) is 5.78 Å². The molecule has 0 fully saturated rings. The van der Waals surface area contributed by atoms with Gasteiger partial charge in [-0.25, -0.2) is 14.6 Å². The van der Waals surface area contributed by atoms with E-state index >= 15 is 0 Å². The van der Waals surface area contributed by atoms with Crippen LogP contribution in [0.15, 0.2) is 55.4 Å². The molecule has 0 saturated heterocycles. The molecular weight excluding hydrogens is 618 g/mol. The molecule has 240 valence electrons. The molecule has 1 aliphatic carbocycles. The number of rotatable bonds is 7. The van der Waals surface area contributed by atoms with Gasteiger partial charge in [-0.1, -0.05) is 24.8 Å². The van der Waals surface area contributed by atoms with E-state index in [1.54, 1.807) is 18.0 Å². The zero-order chi connectivity index (χ0) is 32.2. The molecule has 6 rings (SSSR count). The number of hydrogen-bond donors (Lipinski definition) is 3. The second-order valence-corrected chi connectivity index (χ2v) is 10.3. The van der Waals surface area contributed by atoms with E-state index in [0.29, 0.717) is 24.9 Å². The Labute approximate surface area is 269 Å². The van der Waals surface area contributed by atoms with E-state index in [1.165, 1.54) is 23.0 Å². The molecule has 4 N–H and O–H groups in total. The normalized spacial score (nSPS) is 14.5. The second kappa shape index (κ2) is 14.2. The Kier molecular flexibility index (Phi) is 10.3. The average molecular weight is 650 g/mol. The lowest BCUT2D eigenvalue weighted by molar-refractivity contribution is -0.121. The van der Waals surface area contributed by atoms with Crippen molar-refractivity contribution in [2.75, 3.05) is 25.2 Å². The number of benzene rings is 2. The number of carbonyl (C=O) groups excluding carboxylic acids is 3. The van der Waals surface area contributed by atoms with Gasteiger partial charge >= 0.3 is 11.9 Å². The summed E-state index contributed by atoms with van der Waals surface area (Å²) < 4.78 is 11.6. The molecule has 0 bridgehead atoms. The van der Waals surface area contributed by atoms with Crippen molar-refractivity contribution < 1.29 is 33.8 Å². The number of likely N-dealkylation sites (N-methyl/N-ethyl adjacent to an activating group) is 1. The van der Waals surface area contributed by atoms with E-state index in [9.17, 15) is 24.3 Å². The Bertz CT molecular complexity index is 1840. The molecule has 46 heavy (non-hydrogen) atoms. The van der Waals surface area contributed by atoms with E-state index in [-0.39, 0.29) is 54.7 Å². The van der Waals surface area contributed by atoms with E-state index in [2.05, 4.69) is 27.0 Å². The van der Waals surface area contributed by atoms with Gasteiger partial charge in [0.2, 0.25) is 0 Å². The van der Waals surface area contributed by atoms with Crippen molar-refractivity contribution in [2.24, 2.45) is 5.73 Å². The fraction of sp³-hybridized carbons (Fsp3) is 0.258. The lowest BCUT2D eigenvalue weighted by atomic mass is 9.98. The SMILES string of the molecule is C=CCOC(=O)c1ccc2c(c1C)CC[C@@H]2NC(=O)c1cc(C(=O)O)nc2ncnn12.CN1C(=O)COc2ccc(CN)cc21.Cl. The first kappa shape index (κ1) is 33.6. The number of carboxylic acids is 1. The highest BCUT2D eigenvalue weighted by Crippen LogP contribution is 2.35. The summed E-state index contributed by atoms with van der Waals surface area (Å²) in [6.45, 7) is 6.11. The van der Waals surface area contributed by atoms with Crippen molar-refractivity contribution in [1.82, 2.24) is 24.9 Å². The molecule has 1 aliphatic heterocycles. The number of nitrogens with two attached hydrogens (primary N) is 1. The summed E-state index contributed by atoms with van der Waals surface area (Å²) in [5.74, 6) is -1.45. The Morgan fingerprint density at radius 3 is 2.74 bits per heavy atom. The smallest absolute Gasteiger partial charge is 0.354 e. The lowest BCUT2D eigenvalue weighted by Crippen LogP contribution is -2.35. The molecule has 2 aromatic heterocycles. The predicted molar refractivity (Wildman–Crippen MR) is 168 cm³/mol. The number of aromatic carboxylic acids is 1. The molecule has 4 aromatic rings. The van der Waals surface area contributed by atoms with Gasteiger partial charge in [0.1, 0.15) is 24.4 Å². The number of carboxylic acid groups (broad SMARTS) is 1. The lowest BCUT2D eigenvalue weighted by Gasteiger charge is -2.26. The zero-order valence-corrected chi connectivity index (χ0v) is 25.9. The highest BCUT2D eigenvalue weighted by Gasteiger charge is 2.29. The first-order valence-corrected chi connectivity index (χ1v) is 14.0. The minimum atomic E-state index is -1.27. The maximum atomic E-state index is 13.0. The van der Waals surface area contributed by atoms with Gasteiger partial charge in [-0.15, -0.1) is 12.4 Å². The van der Waals surface area contributed by atoms with Crippen LogP contribution in [0.3, 0.4) is 0 Å². The standard InChI is InChI=1S/C21H19N5O5.C10H12N2O2.ClH/c1-3-8-31-20(30)13-4-5-14-12(11(13)2)6-7-15(14)24-18(27)17-9-16(19(28)29)25-21-22-10-23-26(17)21;1-12-8-4-7(5-11)2-3-9(8)14-6-10(12)13;/h3-5,9-10,15H,1,6-8H2,2H3,(H,24,27)(H,28,29);2-4H,5-6,11H2,1H3;1H/t15-;;/m0../s1. The molecule has 2 aliphatic rings. The maximum absolute atomic E-state index is 13.0. The van der Waals surface area contributed by atoms with E-state index in [0.717, 1.165) is 33.7 Å². The average Bonchev–Trinajstić information content (AvgIpc) is 3.69. The number of nitrogens with one attached hydrogen (secondary N) is 1. The molecule has 0 unspecified atom stereocenters. The van der Waals surface area contributed by atoms with Crippen LogP contribution in [0.5, 0.6) is 5.75 Å². The number of amides is 2. The number of anilines is 1. The highest BCUT2D eigenvalue weighted by atomic mass is 35.5. The third-order valence-electron chi connectivity index (χ3n) is 7.60. The van der Waals surface area contributed by atoms with Crippen molar-refractivity contribution in [2.45, 2.75) is 32.4 Å². The summed E-state index contributed by atoms with van der Waals surface area (Å²) in [5.41, 5.74) is 10.2. The van der Waals surface area contributed by atoms with Gasteiger partial charge in [0.15, 0.2) is 12.3 Å². The minimum Gasteiger partial charge on any atom is -0.482 e. The summed E-state index contributed by atoms with van der Waals surface area (Å²) >= 11 is 0. The van der Waals surface area contributed by atoms with Crippen LogP contribution in [0.2, 0.25) is 0 Å². The van der Waals surface area contributed by atoms with Gasteiger partial charge in [-0.2, -0.15) is 14.6 Å². The molecule has 0 radical (unpaired) electrons. The van der Waals surface area contributed by atoms with Crippen molar-refractivity contribution >= 4 is 47.6 Å². The monoisotopic (exact) mass is 649 g/mol. The summed E-state index contributed by atoms with van der Waals surface area (Å²) in [5, 5.41) is 16.2. The van der Waals surface area contributed by atoms with Gasteiger partial charge in [-0.3, -0.25) is 9.59 Å². The Morgan fingerprint density at radius 2 is 2.02 bits per heavy atom. The number of ether oxygens (including phenoxy) is 2. The van der Waals surface area contributed by atoms with Crippen molar-refractivity contribution in [1.29, 1.82) is 0 Å². The molecule has 0 spiro atoms. The Morgan fingerprint density at radius 1 is 1.24 bits per heavy atom. The molecule has 2 aromatic carbocycles. The first-order chi connectivity index (χ1) is 21.6. The van der Waals surface area contributed by atoms with Gasteiger partial charge in [0.25, 0.3) is 17.6 Å². The fourth-order valence-electron chi connectivity index (χ4n) is 5.22. The molecule has 3 heterocycles. The summed E-state index contributed by atoms with van der Waals surface area (Å²) in [4.78, 5) is 57.2. The zero-order valence-electron chi connectivity index (χ0n) is 25.1. The van der Waals surface area contributed by atoms with Gasteiger partial charge in [0, 0.05) is 19.7 Å². The maximum Gasteiger partial charge on any atom is 0.354 e. The topological polar surface area (TPSA) is 191 Å². The van der Waals surface area contributed by atoms with Crippen LogP contribution in [0.4, 0.5) is 5.69 Å². The summed E-state index contributed by atoms with van der Waals surface area (Å²) in [6, 6.07) is 10.0. The van der Waals surface area contributed by atoms with E-state index in [1.807, 2.05) is 31.2 Å². The van der Waals surface area contributed by atoms with Crippen LogP contribution in [-0.4, -0.2) is 68.7 Å². The largest absolute Gasteiger partial charge is 0.482 e. The Balaban J connectivity index is 0.000000268.